The second-order valence-electron chi connectivity index (χ2n) is 11.9. The highest BCUT2D eigenvalue weighted by atomic mass is 16.2. The normalized spacial score (nSPS) is 15.6. The van der Waals surface area contributed by atoms with Crippen LogP contribution >= 0.6 is 0 Å². The van der Waals surface area contributed by atoms with E-state index < -0.39 is 0 Å². The molecule has 3 aliphatic rings. The van der Waals surface area contributed by atoms with Crippen LogP contribution in [0.25, 0.3) is 32.7 Å². The average Bonchev–Trinajstić information content (AvgIpc) is 3.85. The molecule has 0 fully saturated rings. The molecule has 0 atom stereocenters. The summed E-state index contributed by atoms with van der Waals surface area (Å²) in [5.41, 5.74) is 10.9. The first kappa shape index (κ1) is 24.3. The maximum atomic E-state index is 13.8. The summed E-state index contributed by atoms with van der Waals surface area (Å²) < 4.78 is 0. The molecule has 0 bridgehead atoms. The zero-order chi connectivity index (χ0) is 29.0. The van der Waals surface area contributed by atoms with Crippen LogP contribution in [-0.2, 0) is 19.3 Å². The van der Waals surface area contributed by atoms with E-state index in [1.165, 1.54) is 11.3 Å². The summed E-state index contributed by atoms with van der Waals surface area (Å²) in [6.07, 6.45) is 3.25. The Morgan fingerprint density at radius 3 is 1.65 bits per heavy atom. The van der Waals surface area contributed by atoms with Gasteiger partial charge in [-0.25, -0.2) is 0 Å². The minimum atomic E-state index is -0.0867. The molecule has 3 aromatic carbocycles. The summed E-state index contributed by atoms with van der Waals surface area (Å²) in [4.78, 5) is 54.6. The molecular weight excluding hydrogens is 540 g/mol. The number of hydrogen-bond donors (Lipinski definition) is 3. The van der Waals surface area contributed by atoms with Crippen LogP contribution in [0, 0.1) is 0 Å². The molecule has 6 heterocycles. The van der Waals surface area contributed by atoms with Crippen LogP contribution in [0.4, 0.5) is 17.1 Å². The SMILES string of the molecule is CN1CCc2c1ccc1[nH]c(C(=O)N3CCc4c3ccc3[nH]c(C(=O)N5CCc6c5ccc5[nH]c(C=O)cc65)cc43)cc21. The number of rotatable bonds is 3. The molecule has 9 heteroatoms. The highest BCUT2D eigenvalue weighted by Gasteiger charge is 2.32. The van der Waals surface area contributed by atoms with Crippen molar-refractivity contribution in [2.75, 3.05) is 41.4 Å². The topological polar surface area (TPSA) is 108 Å². The number of amides is 2. The van der Waals surface area contributed by atoms with E-state index in [1.807, 2.05) is 52.3 Å². The third-order valence-electron chi connectivity index (χ3n) is 9.63. The number of aldehydes is 1. The smallest absolute Gasteiger partial charge is 0.274 e. The van der Waals surface area contributed by atoms with Crippen LogP contribution in [0.5, 0.6) is 0 Å². The molecule has 0 unspecified atom stereocenters. The van der Waals surface area contributed by atoms with Crippen molar-refractivity contribution >= 4 is 67.9 Å². The molecule has 0 saturated carbocycles. The number of nitrogens with zero attached hydrogens (tertiary/aromatic N) is 3. The number of nitrogens with one attached hydrogen (secondary N) is 3. The number of aromatic nitrogens is 3. The number of carbonyl (C=O) groups is 3. The molecule has 9 rings (SSSR count). The van der Waals surface area contributed by atoms with Crippen LogP contribution in [0.1, 0.15) is 48.2 Å². The molecule has 0 saturated heterocycles. The Hall–Kier alpha value is -5.31. The summed E-state index contributed by atoms with van der Waals surface area (Å²) >= 11 is 0. The van der Waals surface area contributed by atoms with Crippen molar-refractivity contribution in [1.29, 1.82) is 0 Å². The molecule has 3 N–H and O–H groups in total. The fraction of sp³-hybridized carbons (Fsp3) is 0.206. The molecule has 9 nitrogen and oxygen atoms in total. The van der Waals surface area contributed by atoms with Crippen LogP contribution < -0.4 is 14.7 Å². The van der Waals surface area contributed by atoms with Gasteiger partial charge in [-0.2, -0.15) is 0 Å². The van der Waals surface area contributed by atoms with Gasteiger partial charge in [-0.05, 0) is 90.6 Å². The van der Waals surface area contributed by atoms with E-state index in [0.717, 1.165) is 87.3 Å². The van der Waals surface area contributed by atoms with Crippen molar-refractivity contribution in [2.45, 2.75) is 19.3 Å². The van der Waals surface area contributed by atoms with Crippen molar-refractivity contribution in [3.63, 3.8) is 0 Å². The third-order valence-corrected chi connectivity index (χ3v) is 9.63. The van der Waals surface area contributed by atoms with Gasteiger partial charge in [0.2, 0.25) is 0 Å². The quantitative estimate of drug-likeness (QED) is 0.251. The number of anilines is 3. The van der Waals surface area contributed by atoms with Crippen LogP contribution in [0.2, 0.25) is 0 Å². The lowest BCUT2D eigenvalue weighted by Gasteiger charge is -2.16. The number of hydrogen-bond acceptors (Lipinski definition) is 4. The Morgan fingerprint density at radius 1 is 0.628 bits per heavy atom. The molecule has 43 heavy (non-hydrogen) atoms. The zero-order valence-corrected chi connectivity index (χ0v) is 23.6. The van der Waals surface area contributed by atoms with Gasteiger partial charge < -0.3 is 29.7 Å². The largest absolute Gasteiger partial charge is 0.374 e. The van der Waals surface area contributed by atoms with Gasteiger partial charge in [-0.15, -0.1) is 0 Å². The summed E-state index contributed by atoms with van der Waals surface area (Å²) in [5, 5.41) is 3.09. The fourth-order valence-electron chi connectivity index (χ4n) is 7.53. The maximum Gasteiger partial charge on any atom is 0.274 e. The number of carbonyl (C=O) groups excluding carboxylic acids is 3. The lowest BCUT2D eigenvalue weighted by Crippen LogP contribution is -2.29. The molecular formula is C34H28N6O3. The van der Waals surface area contributed by atoms with E-state index in [4.69, 9.17) is 0 Å². The van der Waals surface area contributed by atoms with Crippen molar-refractivity contribution in [3.8, 4) is 0 Å². The number of likely N-dealkylation sites (N-methyl/N-ethyl adjacent to an activating group) is 1. The molecule has 6 aromatic rings. The predicted molar refractivity (Wildman–Crippen MR) is 168 cm³/mol. The molecule has 0 aliphatic carbocycles. The Kier molecular flexibility index (Phi) is 4.86. The Balaban J connectivity index is 1.03. The monoisotopic (exact) mass is 568 g/mol. The van der Waals surface area contributed by atoms with Gasteiger partial charge in [0.1, 0.15) is 11.4 Å². The molecule has 212 valence electrons. The highest BCUT2D eigenvalue weighted by molar-refractivity contribution is 6.13. The van der Waals surface area contributed by atoms with Crippen LogP contribution in [-0.4, -0.2) is 59.7 Å². The van der Waals surface area contributed by atoms with Gasteiger partial charge >= 0.3 is 0 Å². The molecule has 2 amide bonds. The van der Waals surface area contributed by atoms with Crippen molar-refractivity contribution in [2.24, 2.45) is 0 Å². The number of fused-ring (bicyclic) bond motifs is 9. The fourth-order valence-corrected chi connectivity index (χ4v) is 7.53. The van der Waals surface area contributed by atoms with Crippen LogP contribution in [0.15, 0.2) is 54.6 Å². The Morgan fingerprint density at radius 2 is 1.09 bits per heavy atom. The van der Waals surface area contributed by atoms with Gasteiger partial charge in [0.25, 0.3) is 11.8 Å². The minimum absolute atomic E-state index is 0.0382. The van der Waals surface area contributed by atoms with Gasteiger partial charge in [-0.1, -0.05) is 0 Å². The summed E-state index contributed by atoms with van der Waals surface area (Å²) in [7, 11) is 2.11. The Bertz CT molecular complexity index is 2200. The number of aromatic amines is 3. The minimum Gasteiger partial charge on any atom is -0.374 e. The number of benzene rings is 3. The van der Waals surface area contributed by atoms with Gasteiger partial charge in [0, 0.05) is 76.5 Å². The maximum absolute atomic E-state index is 13.8. The summed E-state index contributed by atoms with van der Waals surface area (Å²) in [6.45, 7) is 2.16. The molecule has 3 aliphatic heterocycles. The highest BCUT2D eigenvalue weighted by Crippen LogP contribution is 2.39. The first-order valence-electron chi connectivity index (χ1n) is 14.7. The van der Waals surface area contributed by atoms with E-state index >= 15 is 0 Å². The second-order valence-corrected chi connectivity index (χ2v) is 11.9. The first-order valence-corrected chi connectivity index (χ1v) is 14.7. The van der Waals surface area contributed by atoms with Crippen molar-refractivity contribution < 1.29 is 14.4 Å². The molecule has 0 radical (unpaired) electrons. The van der Waals surface area contributed by atoms with Crippen molar-refractivity contribution in [3.05, 3.63) is 88.4 Å². The summed E-state index contributed by atoms with van der Waals surface area (Å²) in [6, 6.07) is 17.8. The van der Waals surface area contributed by atoms with Gasteiger partial charge in [0.05, 0.1) is 5.69 Å². The standard InChI is InChI=1S/C34H28N6O3/c1-38-11-8-19-23-15-28(36-26(23)2-5-30(19)38)33(42)40-13-10-21-24-16-29(37-27(24)4-7-32(21)40)34(43)39-12-9-20-22-14-18(17-41)35-25(22)3-6-31(20)39/h2-7,14-17,35-37H,8-13H2,1H3. The van der Waals surface area contributed by atoms with E-state index in [-0.39, 0.29) is 11.8 Å². The van der Waals surface area contributed by atoms with E-state index in [1.54, 1.807) is 0 Å². The second kappa shape index (κ2) is 8.61. The van der Waals surface area contributed by atoms with E-state index in [9.17, 15) is 14.4 Å². The Labute approximate surface area is 246 Å². The lowest BCUT2D eigenvalue weighted by molar-refractivity contribution is 0.0978. The molecule has 3 aromatic heterocycles. The van der Waals surface area contributed by atoms with Crippen LogP contribution in [0.3, 0.4) is 0 Å². The third kappa shape index (κ3) is 3.36. The average molecular weight is 569 g/mol. The van der Waals surface area contributed by atoms with Gasteiger partial charge in [-0.3, -0.25) is 14.4 Å². The van der Waals surface area contributed by atoms with Crippen molar-refractivity contribution in [1.82, 2.24) is 15.0 Å². The lowest BCUT2D eigenvalue weighted by atomic mass is 10.1. The summed E-state index contributed by atoms with van der Waals surface area (Å²) in [5.74, 6) is -0.125. The molecule has 0 spiro atoms. The van der Waals surface area contributed by atoms with E-state index in [2.05, 4.69) is 39.0 Å². The van der Waals surface area contributed by atoms with Gasteiger partial charge in [0.15, 0.2) is 6.29 Å². The predicted octanol–water partition coefficient (Wildman–Crippen LogP) is 5.34. The number of H-pyrrole nitrogens is 3. The zero-order valence-electron chi connectivity index (χ0n) is 23.6. The first-order chi connectivity index (χ1) is 21.0. The van der Waals surface area contributed by atoms with E-state index in [0.29, 0.717) is 30.2 Å².